The molecule has 0 aliphatic carbocycles. The molecule has 1 aromatic heterocycles. The van der Waals surface area contributed by atoms with E-state index >= 15 is 0 Å². The molecule has 0 radical (unpaired) electrons. The van der Waals surface area contributed by atoms with E-state index < -0.39 is 0 Å². The Labute approximate surface area is 153 Å². The Morgan fingerprint density at radius 3 is 2.46 bits per heavy atom. The fraction of sp³-hybridized carbons (Fsp3) is 0.273. The van der Waals surface area contributed by atoms with E-state index in [0.29, 0.717) is 24.9 Å². The highest BCUT2D eigenvalue weighted by molar-refractivity contribution is 5.83. The number of aromatic amines is 1. The molecule has 0 saturated carbocycles. The molecule has 3 aromatic rings. The van der Waals surface area contributed by atoms with E-state index in [4.69, 9.17) is 0 Å². The molecule has 0 atom stereocenters. The Kier molecular flexibility index (Phi) is 5.21. The lowest BCUT2D eigenvalue weighted by Crippen LogP contribution is -2.24. The highest BCUT2D eigenvalue weighted by Gasteiger charge is 2.08. The number of carbonyl (C=O) groups excluding carboxylic acids is 1. The zero-order valence-electron chi connectivity index (χ0n) is 15.5. The summed E-state index contributed by atoms with van der Waals surface area (Å²) in [6, 6.07) is 14.1. The summed E-state index contributed by atoms with van der Waals surface area (Å²) in [5, 5.41) is 3.95. The van der Waals surface area contributed by atoms with Gasteiger partial charge in [-0.2, -0.15) is 0 Å². The van der Waals surface area contributed by atoms with Crippen molar-refractivity contribution in [1.82, 2.24) is 10.3 Å². The van der Waals surface area contributed by atoms with Gasteiger partial charge < -0.3 is 10.3 Å². The van der Waals surface area contributed by atoms with Gasteiger partial charge in [0.25, 0.3) is 5.56 Å². The molecule has 0 bridgehead atoms. The van der Waals surface area contributed by atoms with Crippen molar-refractivity contribution in [3.8, 4) is 0 Å². The second-order valence-electron chi connectivity index (χ2n) is 6.93. The Balaban J connectivity index is 1.65. The maximum Gasteiger partial charge on any atom is 0.251 e. The largest absolute Gasteiger partial charge is 0.352 e. The SMILES string of the molecule is Cc1ccc(CNC(=O)CCc2cc3c(C)cc(C)cc3[nH]c2=O)cc1. The number of aromatic nitrogens is 1. The van der Waals surface area contributed by atoms with E-state index in [1.165, 1.54) is 5.56 Å². The third kappa shape index (κ3) is 4.20. The minimum Gasteiger partial charge on any atom is -0.352 e. The Hall–Kier alpha value is -2.88. The van der Waals surface area contributed by atoms with Crippen LogP contribution in [-0.4, -0.2) is 10.9 Å². The predicted octanol–water partition coefficient (Wildman–Crippen LogP) is 3.70. The number of amides is 1. The second kappa shape index (κ2) is 7.56. The van der Waals surface area contributed by atoms with Crippen molar-refractivity contribution in [2.75, 3.05) is 0 Å². The van der Waals surface area contributed by atoms with Crippen molar-refractivity contribution < 1.29 is 4.79 Å². The van der Waals surface area contributed by atoms with Crippen LogP contribution < -0.4 is 10.9 Å². The maximum atomic E-state index is 12.3. The highest BCUT2D eigenvalue weighted by Crippen LogP contribution is 2.18. The molecule has 26 heavy (non-hydrogen) atoms. The number of H-pyrrole nitrogens is 1. The maximum absolute atomic E-state index is 12.3. The fourth-order valence-electron chi connectivity index (χ4n) is 3.15. The summed E-state index contributed by atoms with van der Waals surface area (Å²) in [5.41, 5.74) is 5.89. The number of carbonyl (C=O) groups is 1. The minimum absolute atomic E-state index is 0.0503. The van der Waals surface area contributed by atoms with Crippen LogP contribution in [0.25, 0.3) is 10.9 Å². The third-order valence-corrected chi connectivity index (χ3v) is 4.62. The Bertz CT molecular complexity index is 1000. The highest BCUT2D eigenvalue weighted by atomic mass is 16.1. The van der Waals surface area contributed by atoms with Crippen LogP contribution in [0.3, 0.4) is 0 Å². The van der Waals surface area contributed by atoms with Crippen LogP contribution in [-0.2, 0) is 17.8 Å². The molecule has 0 spiro atoms. The molecule has 0 unspecified atom stereocenters. The molecular formula is C22H24N2O2. The lowest BCUT2D eigenvalue weighted by atomic mass is 10.0. The zero-order valence-corrected chi connectivity index (χ0v) is 15.5. The average Bonchev–Trinajstić information content (AvgIpc) is 2.59. The first kappa shape index (κ1) is 17.9. The summed E-state index contributed by atoms with van der Waals surface area (Å²) >= 11 is 0. The number of aryl methyl sites for hydroxylation is 4. The number of fused-ring (bicyclic) bond motifs is 1. The van der Waals surface area contributed by atoms with Gasteiger partial charge in [0.1, 0.15) is 0 Å². The molecule has 0 fully saturated rings. The summed E-state index contributed by atoms with van der Waals surface area (Å²) in [5.74, 6) is -0.0503. The van der Waals surface area contributed by atoms with Crippen LogP contribution in [0.5, 0.6) is 0 Å². The van der Waals surface area contributed by atoms with Gasteiger partial charge in [0.15, 0.2) is 0 Å². The molecule has 4 heteroatoms. The number of nitrogens with one attached hydrogen (secondary N) is 2. The van der Waals surface area contributed by atoms with Crippen LogP contribution in [0.4, 0.5) is 0 Å². The Morgan fingerprint density at radius 1 is 1.00 bits per heavy atom. The quantitative estimate of drug-likeness (QED) is 0.738. The lowest BCUT2D eigenvalue weighted by Gasteiger charge is -2.08. The topological polar surface area (TPSA) is 62.0 Å². The molecular weight excluding hydrogens is 324 g/mol. The first-order valence-corrected chi connectivity index (χ1v) is 8.88. The summed E-state index contributed by atoms with van der Waals surface area (Å²) in [6.45, 7) is 6.58. The van der Waals surface area contributed by atoms with Gasteiger partial charge in [-0.1, -0.05) is 35.9 Å². The van der Waals surface area contributed by atoms with Crippen molar-refractivity contribution >= 4 is 16.8 Å². The molecule has 4 nitrogen and oxygen atoms in total. The minimum atomic E-state index is -0.117. The van der Waals surface area contributed by atoms with E-state index in [1.807, 2.05) is 57.2 Å². The van der Waals surface area contributed by atoms with E-state index in [2.05, 4.69) is 16.4 Å². The standard InChI is InChI=1S/C22H24N2O2/c1-14-4-6-17(7-5-14)13-23-21(25)9-8-18-12-19-16(3)10-15(2)11-20(19)24-22(18)26/h4-7,10-12H,8-9,13H2,1-3H3,(H,23,25)(H,24,26). The number of benzene rings is 2. The molecule has 2 aromatic carbocycles. The van der Waals surface area contributed by atoms with Crippen molar-refractivity contribution in [2.24, 2.45) is 0 Å². The van der Waals surface area contributed by atoms with E-state index in [9.17, 15) is 9.59 Å². The summed E-state index contributed by atoms with van der Waals surface area (Å²) < 4.78 is 0. The van der Waals surface area contributed by atoms with Crippen molar-refractivity contribution in [3.63, 3.8) is 0 Å². The zero-order chi connectivity index (χ0) is 18.7. The number of hydrogen-bond donors (Lipinski definition) is 2. The van der Waals surface area contributed by atoms with E-state index in [0.717, 1.165) is 27.6 Å². The first-order chi connectivity index (χ1) is 12.4. The van der Waals surface area contributed by atoms with Gasteiger partial charge >= 0.3 is 0 Å². The summed E-state index contributed by atoms with van der Waals surface area (Å²) in [7, 11) is 0. The van der Waals surface area contributed by atoms with Gasteiger partial charge in [0.2, 0.25) is 5.91 Å². The molecule has 0 saturated heterocycles. The fourth-order valence-corrected chi connectivity index (χ4v) is 3.15. The van der Waals surface area contributed by atoms with E-state index in [1.54, 1.807) is 0 Å². The molecule has 134 valence electrons. The molecule has 3 rings (SSSR count). The van der Waals surface area contributed by atoms with Crippen molar-refractivity contribution in [3.05, 3.63) is 80.6 Å². The Morgan fingerprint density at radius 2 is 1.73 bits per heavy atom. The second-order valence-corrected chi connectivity index (χ2v) is 6.93. The van der Waals surface area contributed by atoms with Gasteiger partial charge in [-0.15, -0.1) is 0 Å². The smallest absolute Gasteiger partial charge is 0.251 e. The summed E-state index contributed by atoms with van der Waals surface area (Å²) in [6.07, 6.45) is 0.726. The van der Waals surface area contributed by atoms with Crippen LogP contribution >= 0.6 is 0 Å². The molecule has 1 heterocycles. The van der Waals surface area contributed by atoms with Crippen LogP contribution in [0.1, 0.15) is 34.2 Å². The van der Waals surface area contributed by atoms with Gasteiger partial charge in [-0.05, 0) is 56.0 Å². The molecule has 2 N–H and O–H groups in total. The average molecular weight is 348 g/mol. The van der Waals surface area contributed by atoms with Gasteiger partial charge in [0, 0.05) is 29.4 Å². The molecule has 0 aliphatic rings. The normalized spacial score (nSPS) is 10.9. The van der Waals surface area contributed by atoms with E-state index in [-0.39, 0.29) is 11.5 Å². The monoisotopic (exact) mass is 348 g/mol. The van der Waals surface area contributed by atoms with Crippen molar-refractivity contribution in [2.45, 2.75) is 40.2 Å². The third-order valence-electron chi connectivity index (χ3n) is 4.62. The van der Waals surface area contributed by atoms with Gasteiger partial charge in [-0.25, -0.2) is 0 Å². The first-order valence-electron chi connectivity index (χ1n) is 8.88. The van der Waals surface area contributed by atoms with Crippen LogP contribution in [0.15, 0.2) is 47.3 Å². The number of pyridine rings is 1. The van der Waals surface area contributed by atoms with Gasteiger partial charge in [-0.3, -0.25) is 9.59 Å². The summed E-state index contributed by atoms with van der Waals surface area (Å²) in [4.78, 5) is 27.4. The predicted molar refractivity (Wildman–Crippen MR) is 105 cm³/mol. The van der Waals surface area contributed by atoms with Crippen LogP contribution in [0.2, 0.25) is 0 Å². The van der Waals surface area contributed by atoms with Gasteiger partial charge in [0.05, 0.1) is 0 Å². The molecule has 1 amide bonds. The molecule has 0 aliphatic heterocycles. The number of rotatable bonds is 5. The lowest BCUT2D eigenvalue weighted by molar-refractivity contribution is -0.121. The number of hydrogen-bond acceptors (Lipinski definition) is 2. The van der Waals surface area contributed by atoms with Crippen LogP contribution in [0, 0.1) is 20.8 Å². The van der Waals surface area contributed by atoms with Crippen molar-refractivity contribution in [1.29, 1.82) is 0 Å².